The number of aliphatic imine (C=N–C) groups is 1. The number of allylic oxidation sites excluding steroid dienone is 2. The molecule has 26 heavy (non-hydrogen) atoms. The summed E-state index contributed by atoms with van der Waals surface area (Å²) in [7, 11) is 1.55. The molecule has 0 spiro atoms. The van der Waals surface area contributed by atoms with Crippen LogP contribution in [0.2, 0.25) is 5.02 Å². The normalized spacial score (nSPS) is 22.7. The van der Waals surface area contributed by atoms with Gasteiger partial charge in [0.1, 0.15) is 12.5 Å². The van der Waals surface area contributed by atoms with Crippen molar-refractivity contribution in [1.29, 1.82) is 0 Å². The Morgan fingerprint density at radius 1 is 1.23 bits per heavy atom. The van der Waals surface area contributed by atoms with E-state index in [4.69, 9.17) is 21.1 Å². The Labute approximate surface area is 158 Å². The van der Waals surface area contributed by atoms with Gasteiger partial charge in [-0.1, -0.05) is 23.7 Å². The minimum atomic E-state index is -0.617. The summed E-state index contributed by atoms with van der Waals surface area (Å²) in [5.74, 6) is -1.32. The van der Waals surface area contributed by atoms with Gasteiger partial charge < -0.3 is 9.47 Å². The molecule has 0 N–H and O–H groups in total. The van der Waals surface area contributed by atoms with Gasteiger partial charge in [-0.2, -0.15) is 0 Å². The van der Waals surface area contributed by atoms with E-state index >= 15 is 0 Å². The van der Waals surface area contributed by atoms with Crippen molar-refractivity contribution < 1.29 is 19.1 Å². The van der Waals surface area contributed by atoms with E-state index in [9.17, 15) is 9.59 Å². The quantitative estimate of drug-likeness (QED) is 0.581. The van der Waals surface area contributed by atoms with Crippen LogP contribution < -0.4 is 0 Å². The Hall–Kier alpha value is -1.98. The van der Waals surface area contributed by atoms with E-state index in [-0.39, 0.29) is 24.3 Å². The first-order chi connectivity index (χ1) is 12.5. The molecular formula is C20H22ClNO4. The van der Waals surface area contributed by atoms with Crippen LogP contribution in [-0.4, -0.2) is 37.8 Å². The van der Waals surface area contributed by atoms with Crippen LogP contribution in [0.1, 0.15) is 37.7 Å². The third-order valence-corrected chi connectivity index (χ3v) is 5.10. The van der Waals surface area contributed by atoms with Crippen molar-refractivity contribution in [2.24, 2.45) is 10.9 Å². The molecule has 0 fully saturated rings. The second-order valence-electron chi connectivity index (χ2n) is 6.56. The summed E-state index contributed by atoms with van der Waals surface area (Å²) in [6.45, 7) is 2.33. The van der Waals surface area contributed by atoms with E-state index in [0.717, 1.165) is 24.1 Å². The number of nitrogens with zero attached hydrogens (tertiary/aromatic N) is 1. The third kappa shape index (κ3) is 3.74. The van der Waals surface area contributed by atoms with Crippen molar-refractivity contribution in [3.63, 3.8) is 0 Å². The van der Waals surface area contributed by atoms with Crippen LogP contribution in [-0.2, 0) is 19.1 Å². The van der Waals surface area contributed by atoms with Gasteiger partial charge in [-0.25, -0.2) is 0 Å². The molecule has 1 aliphatic heterocycles. The van der Waals surface area contributed by atoms with Crippen LogP contribution in [0.15, 0.2) is 40.5 Å². The van der Waals surface area contributed by atoms with Gasteiger partial charge in [0.2, 0.25) is 0 Å². The zero-order valence-electron chi connectivity index (χ0n) is 15.0. The molecule has 0 aromatic heterocycles. The Morgan fingerprint density at radius 2 is 1.96 bits per heavy atom. The summed E-state index contributed by atoms with van der Waals surface area (Å²) >= 11 is 6.02. The van der Waals surface area contributed by atoms with Crippen molar-refractivity contribution in [1.82, 2.24) is 0 Å². The number of Topliss-reactive ketones (excluding diaryl/α,β-unsaturated/α-hetero) is 1. The van der Waals surface area contributed by atoms with Gasteiger partial charge in [-0.05, 0) is 37.5 Å². The van der Waals surface area contributed by atoms with Gasteiger partial charge >= 0.3 is 5.97 Å². The molecule has 0 bridgehead atoms. The van der Waals surface area contributed by atoms with Crippen LogP contribution >= 0.6 is 11.6 Å². The zero-order chi connectivity index (χ0) is 18.7. The van der Waals surface area contributed by atoms with Crippen LogP contribution in [0, 0.1) is 5.92 Å². The number of esters is 1. The van der Waals surface area contributed by atoms with Crippen molar-refractivity contribution in [3.05, 3.63) is 46.1 Å². The Morgan fingerprint density at radius 3 is 2.65 bits per heavy atom. The first-order valence-corrected chi connectivity index (χ1v) is 9.13. The second-order valence-corrected chi connectivity index (χ2v) is 6.99. The number of ketones is 1. The van der Waals surface area contributed by atoms with E-state index < -0.39 is 5.92 Å². The van der Waals surface area contributed by atoms with Crippen LogP contribution in [0.5, 0.6) is 0 Å². The molecule has 1 heterocycles. The molecule has 2 atom stereocenters. The summed E-state index contributed by atoms with van der Waals surface area (Å²) in [5.41, 5.74) is 3.01. The van der Waals surface area contributed by atoms with Gasteiger partial charge in [-0.15, -0.1) is 0 Å². The van der Waals surface area contributed by atoms with E-state index in [2.05, 4.69) is 4.99 Å². The SMILES string of the molecule is COCCOC(=O)C1C(C)=NC2=C(C(=O)CCC2)[C@H]1c1ccc(Cl)cc1. The number of ether oxygens (including phenoxy) is 2. The molecule has 0 amide bonds. The van der Waals surface area contributed by atoms with Gasteiger partial charge in [0, 0.05) is 41.5 Å². The smallest absolute Gasteiger partial charge is 0.315 e. The standard InChI is InChI=1S/C20H22ClNO4/c1-12-17(20(24)26-11-10-25-2)18(13-6-8-14(21)9-7-13)19-15(22-12)4-3-5-16(19)23/h6-9,17-18H,3-5,10-11H2,1-2H3/t17?,18-/m0/s1. The molecule has 0 radical (unpaired) electrons. The number of methoxy groups -OCH3 is 1. The molecule has 1 aromatic carbocycles. The van der Waals surface area contributed by atoms with E-state index in [1.54, 1.807) is 19.2 Å². The first kappa shape index (κ1) is 18.8. The van der Waals surface area contributed by atoms with Crippen LogP contribution in [0.25, 0.3) is 0 Å². The fraction of sp³-hybridized carbons (Fsp3) is 0.450. The van der Waals surface area contributed by atoms with Gasteiger partial charge in [0.15, 0.2) is 5.78 Å². The molecular weight excluding hydrogens is 354 g/mol. The monoisotopic (exact) mass is 375 g/mol. The lowest BCUT2D eigenvalue weighted by molar-refractivity contribution is -0.147. The highest BCUT2D eigenvalue weighted by molar-refractivity contribution is 6.30. The minimum Gasteiger partial charge on any atom is -0.463 e. The lowest BCUT2D eigenvalue weighted by Crippen LogP contribution is -2.37. The number of carbonyl (C=O) groups excluding carboxylic acids is 2. The Bertz CT molecular complexity index is 767. The fourth-order valence-corrected chi connectivity index (χ4v) is 3.78. The van der Waals surface area contributed by atoms with Gasteiger partial charge in [0.05, 0.1) is 6.61 Å². The number of benzene rings is 1. The highest BCUT2D eigenvalue weighted by Gasteiger charge is 2.43. The second kappa shape index (κ2) is 8.14. The first-order valence-electron chi connectivity index (χ1n) is 8.75. The average molecular weight is 376 g/mol. The molecule has 5 nitrogen and oxygen atoms in total. The van der Waals surface area contributed by atoms with Gasteiger partial charge in [-0.3, -0.25) is 14.6 Å². The summed E-state index contributed by atoms with van der Waals surface area (Å²) in [4.78, 5) is 30.1. The fourth-order valence-electron chi connectivity index (χ4n) is 3.66. The molecule has 1 aromatic rings. The molecule has 0 saturated heterocycles. The number of rotatable bonds is 5. The Kier molecular flexibility index (Phi) is 5.89. The van der Waals surface area contributed by atoms with Crippen molar-refractivity contribution in [2.75, 3.05) is 20.3 Å². The lowest BCUT2D eigenvalue weighted by atomic mass is 9.72. The topological polar surface area (TPSA) is 65.0 Å². The summed E-state index contributed by atoms with van der Waals surface area (Å²) in [6.07, 6.45) is 2.04. The number of carbonyl (C=O) groups is 2. The molecule has 1 aliphatic carbocycles. The van der Waals surface area contributed by atoms with Gasteiger partial charge in [0.25, 0.3) is 0 Å². The zero-order valence-corrected chi connectivity index (χ0v) is 15.7. The van der Waals surface area contributed by atoms with Crippen molar-refractivity contribution in [3.8, 4) is 0 Å². The number of hydrogen-bond acceptors (Lipinski definition) is 5. The average Bonchev–Trinajstić information content (AvgIpc) is 2.61. The van der Waals surface area contributed by atoms with Crippen molar-refractivity contribution in [2.45, 2.75) is 32.1 Å². The highest BCUT2D eigenvalue weighted by atomic mass is 35.5. The maximum absolute atomic E-state index is 12.8. The van der Waals surface area contributed by atoms with Crippen LogP contribution in [0.3, 0.4) is 0 Å². The summed E-state index contributed by atoms with van der Waals surface area (Å²) in [5, 5.41) is 0.610. The van der Waals surface area contributed by atoms with E-state index in [0.29, 0.717) is 29.3 Å². The summed E-state index contributed by atoms with van der Waals surface area (Å²) < 4.78 is 10.3. The number of hydrogen-bond donors (Lipinski definition) is 0. The Balaban J connectivity index is 2.02. The largest absolute Gasteiger partial charge is 0.463 e. The molecule has 0 saturated carbocycles. The molecule has 1 unspecified atom stereocenters. The van der Waals surface area contributed by atoms with Crippen LogP contribution in [0.4, 0.5) is 0 Å². The lowest BCUT2D eigenvalue weighted by Gasteiger charge is -2.34. The minimum absolute atomic E-state index is 0.0668. The maximum Gasteiger partial charge on any atom is 0.315 e. The summed E-state index contributed by atoms with van der Waals surface area (Å²) in [6, 6.07) is 7.29. The number of halogens is 1. The third-order valence-electron chi connectivity index (χ3n) is 4.85. The van der Waals surface area contributed by atoms with E-state index in [1.165, 1.54) is 0 Å². The maximum atomic E-state index is 12.8. The molecule has 6 heteroatoms. The van der Waals surface area contributed by atoms with Crippen molar-refractivity contribution >= 4 is 29.1 Å². The predicted molar refractivity (Wildman–Crippen MR) is 99.5 cm³/mol. The predicted octanol–water partition coefficient (Wildman–Crippen LogP) is 3.71. The highest BCUT2D eigenvalue weighted by Crippen LogP contribution is 2.43. The van der Waals surface area contributed by atoms with E-state index in [1.807, 2.05) is 19.1 Å². The molecule has 138 valence electrons. The molecule has 2 aliphatic rings. The molecule has 3 rings (SSSR count).